The molecule has 1 aromatic heterocycles. The maximum atomic E-state index is 12.3. The van der Waals surface area contributed by atoms with Gasteiger partial charge in [-0.3, -0.25) is 4.79 Å². The first-order chi connectivity index (χ1) is 9.11. The Balaban J connectivity index is 2.12. The maximum absolute atomic E-state index is 12.3. The van der Waals surface area contributed by atoms with Gasteiger partial charge in [0.15, 0.2) is 0 Å². The molecule has 4 heteroatoms. The molecule has 0 atom stereocenters. The van der Waals surface area contributed by atoms with E-state index in [1.807, 2.05) is 31.2 Å². The van der Waals surface area contributed by atoms with E-state index < -0.39 is 0 Å². The first-order valence-electron chi connectivity index (χ1n) is 6.18. The lowest BCUT2D eigenvalue weighted by Gasteiger charge is -2.17. The number of benzene rings is 1. The zero-order valence-electron chi connectivity index (χ0n) is 11.0. The molecule has 1 amide bonds. The fourth-order valence-electron chi connectivity index (χ4n) is 1.99. The van der Waals surface area contributed by atoms with E-state index in [0.717, 1.165) is 22.2 Å². The van der Waals surface area contributed by atoms with Crippen LogP contribution in [-0.2, 0) is 13.0 Å². The molecule has 1 heterocycles. The van der Waals surface area contributed by atoms with Crippen LogP contribution in [0.2, 0.25) is 0 Å². The fourth-order valence-corrected chi connectivity index (χ4v) is 2.44. The molecule has 3 nitrogen and oxygen atoms in total. The molecular weight excluding hydrogens is 306 g/mol. The van der Waals surface area contributed by atoms with Gasteiger partial charge in [-0.1, -0.05) is 35.0 Å². The van der Waals surface area contributed by atoms with Crippen molar-refractivity contribution in [1.82, 2.24) is 4.90 Å². The number of amides is 1. The zero-order valence-corrected chi connectivity index (χ0v) is 12.6. The van der Waals surface area contributed by atoms with E-state index in [1.54, 1.807) is 24.3 Å². The summed E-state index contributed by atoms with van der Waals surface area (Å²) >= 11 is 3.43. The highest BCUT2D eigenvalue weighted by atomic mass is 79.9. The Bertz CT molecular complexity index is 577. The summed E-state index contributed by atoms with van der Waals surface area (Å²) in [5.74, 6) is 0.733. The van der Waals surface area contributed by atoms with E-state index >= 15 is 0 Å². The minimum atomic E-state index is -0.00873. The molecule has 0 fully saturated rings. The van der Waals surface area contributed by atoms with Crippen molar-refractivity contribution in [2.45, 2.75) is 19.9 Å². The van der Waals surface area contributed by atoms with Gasteiger partial charge in [0, 0.05) is 24.5 Å². The summed E-state index contributed by atoms with van der Waals surface area (Å²) in [6, 6.07) is 9.69. The maximum Gasteiger partial charge on any atom is 0.257 e. The Morgan fingerprint density at radius 1 is 1.37 bits per heavy atom. The topological polar surface area (TPSA) is 33.5 Å². The summed E-state index contributed by atoms with van der Waals surface area (Å²) < 4.78 is 6.32. The lowest BCUT2D eigenvalue weighted by molar-refractivity contribution is 0.0783. The zero-order chi connectivity index (χ0) is 13.8. The van der Waals surface area contributed by atoms with Crippen LogP contribution in [0.1, 0.15) is 28.6 Å². The number of hydrogen-bond acceptors (Lipinski definition) is 2. The second-order valence-corrected chi connectivity index (χ2v) is 5.32. The number of carbonyl (C=O) groups excluding carboxylic acids is 1. The van der Waals surface area contributed by atoms with Crippen molar-refractivity contribution >= 4 is 21.8 Å². The van der Waals surface area contributed by atoms with Gasteiger partial charge in [-0.05, 0) is 23.8 Å². The average molecular weight is 322 g/mol. The van der Waals surface area contributed by atoms with Crippen molar-refractivity contribution in [3.05, 3.63) is 58.0 Å². The quantitative estimate of drug-likeness (QED) is 0.856. The number of furan rings is 1. The Labute approximate surface area is 121 Å². The molecule has 0 aliphatic rings. The minimum absolute atomic E-state index is 0.00873. The van der Waals surface area contributed by atoms with Crippen LogP contribution in [0.15, 0.2) is 45.5 Å². The van der Waals surface area contributed by atoms with Crippen molar-refractivity contribution < 1.29 is 9.21 Å². The summed E-state index contributed by atoms with van der Waals surface area (Å²) in [5, 5.41) is 0. The van der Waals surface area contributed by atoms with E-state index in [9.17, 15) is 4.79 Å². The number of aryl methyl sites for hydroxylation is 1. The molecule has 0 radical (unpaired) electrons. The fraction of sp³-hybridized carbons (Fsp3) is 0.267. The van der Waals surface area contributed by atoms with Crippen LogP contribution in [0.5, 0.6) is 0 Å². The molecule has 0 unspecified atom stereocenters. The average Bonchev–Trinajstić information content (AvgIpc) is 2.86. The minimum Gasteiger partial charge on any atom is -0.469 e. The third kappa shape index (κ3) is 3.26. The lowest BCUT2D eigenvalue weighted by Crippen LogP contribution is -2.26. The van der Waals surface area contributed by atoms with E-state index in [-0.39, 0.29) is 5.91 Å². The molecule has 0 aliphatic heterocycles. The van der Waals surface area contributed by atoms with Crippen molar-refractivity contribution in [2.75, 3.05) is 7.05 Å². The van der Waals surface area contributed by atoms with E-state index in [0.29, 0.717) is 12.1 Å². The molecule has 0 spiro atoms. The first kappa shape index (κ1) is 13.9. The highest BCUT2D eigenvalue weighted by molar-refractivity contribution is 9.10. The SMILES string of the molecule is CCc1occc1C(=O)N(C)Cc1cccc(Br)c1. The molecule has 0 bridgehead atoms. The predicted molar refractivity (Wildman–Crippen MR) is 78.0 cm³/mol. The molecule has 19 heavy (non-hydrogen) atoms. The number of rotatable bonds is 4. The Kier molecular flexibility index (Phi) is 4.43. The van der Waals surface area contributed by atoms with Gasteiger partial charge in [-0.25, -0.2) is 0 Å². The first-order valence-corrected chi connectivity index (χ1v) is 6.97. The van der Waals surface area contributed by atoms with Gasteiger partial charge in [0.05, 0.1) is 11.8 Å². The highest BCUT2D eigenvalue weighted by Gasteiger charge is 2.17. The summed E-state index contributed by atoms with van der Waals surface area (Å²) in [4.78, 5) is 14.0. The summed E-state index contributed by atoms with van der Waals surface area (Å²) in [6.45, 7) is 2.55. The van der Waals surface area contributed by atoms with Crippen LogP contribution >= 0.6 is 15.9 Å². The Morgan fingerprint density at radius 2 is 2.16 bits per heavy atom. The van der Waals surface area contributed by atoms with Crippen LogP contribution in [-0.4, -0.2) is 17.9 Å². The number of carbonyl (C=O) groups is 1. The van der Waals surface area contributed by atoms with Gasteiger partial charge in [0.2, 0.25) is 0 Å². The molecule has 0 saturated carbocycles. The van der Waals surface area contributed by atoms with Gasteiger partial charge in [-0.2, -0.15) is 0 Å². The van der Waals surface area contributed by atoms with Crippen molar-refractivity contribution in [2.24, 2.45) is 0 Å². The van der Waals surface area contributed by atoms with Gasteiger partial charge in [0.25, 0.3) is 5.91 Å². The molecule has 0 aliphatic carbocycles. The number of halogens is 1. The largest absolute Gasteiger partial charge is 0.469 e. The molecule has 0 N–H and O–H groups in total. The van der Waals surface area contributed by atoms with Gasteiger partial charge in [0.1, 0.15) is 5.76 Å². The van der Waals surface area contributed by atoms with Crippen LogP contribution in [0.3, 0.4) is 0 Å². The lowest BCUT2D eigenvalue weighted by atomic mass is 10.1. The Hall–Kier alpha value is -1.55. The van der Waals surface area contributed by atoms with Crippen LogP contribution in [0, 0.1) is 0 Å². The molecule has 100 valence electrons. The monoisotopic (exact) mass is 321 g/mol. The molecule has 2 rings (SSSR count). The summed E-state index contributed by atoms with van der Waals surface area (Å²) in [7, 11) is 1.80. The molecule has 1 aromatic carbocycles. The number of hydrogen-bond donors (Lipinski definition) is 0. The van der Waals surface area contributed by atoms with Gasteiger partial charge < -0.3 is 9.32 Å². The van der Waals surface area contributed by atoms with Gasteiger partial charge in [-0.15, -0.1) is 0 Å². The normalized spacial score (nSPS) is 10.5. The van der Waals surface area contributed by atoms with E-state index in [2.05, 4.69) is 15.9 Å². The van der Waals surface area contributed by atoms with Crippen molar-refractivity contribution in [1.29, 1.82) is 0 Å². The van der Waals surface area contributed by atoms with Crippen LogP contribution < -0.4 is 0 Å². The number of nitrogens with zero attached hydrogens (tertiary/aromatic N) is 1. The predicted octanol–water partition coefficient (Wildman–Crippen LogP) is 3.88. The Morgan fingerprint density at radius 3 is 2.84 bits per heavy atom. The third-order valence-corrected chi connectivity index (χ3v) is 3.45. The second-order valence-electron chi connectivity index (χ2n) is 4.40. The van der Waals surface area contributed by atoms with Crippen LogP contribution in [0.4, 0.5) is 0 Å². The summed E-state index contributed by atoms with van der Waals surface area (Å²) in [5.41, 5.74) is 1.74. The van der Waals surface area contributed by atoms with E-state index in [4.69, 9.17) is 4.42 Å². The standard InChI is InChI=1S/C15H16BrNO2/c1-3-14-13(7-8-19-14)15(18)17(2)10-11-5-4-6-12(16)9-11/h4-9H,3,10H2,1-2H3. The van der Waals surface area contributed by atoms with Crippen molar-refractivity contribution in [3.8, 4) is 0 Å². The van der Waals surface area contributed by atoms with Crippen molar-refractivity contribution in [3.63, 3.8) is 0 Å². The van der Waals surface area contributed by atoms with Gasteiger partial charge >= 0.3 is 0 Å². The molecule has 0 saturated heterocycles. The van der Waals surface area contributed by atoms with Crippen LogP contribution in [0.25, 0.3) is 0 Å². The van der Waals surface area contributed by atoms with E-state index in [1.165, 1.54) is 0 Å². The summed E-state index contributed by atoms with van der Waals surface area (Å²) in [6.07, 6.45) is 2.29. The third-order valence-electron chi connectivity index (χ3n) is 2.95. The molecule has 2 aromatic rings. The molecular formula is C15H16BrNO2. The highest BCUT2D eigenvalue weighted by Crippen LogP contribution is 2.17. The smallest absolute Gasteiger partial charge is 0.257 e. The second kappa shape index (κ2) is 6.06.